The third-order valence-corrected chi connectivity index (χ3v) is 5.89. The summed E-state index contributed by atoms with van der Waals surface area (Å²) in [6.45, 7) is 4.13. The predicted molar refractivity (Wildman–Crippen MR) is 129 cm³/mol. The lowest BCUT2D eigenvalue weighted by atomic mass is 10.1. The normalized spacial score (nSPS) is 14.3. The summed E-state index contributed by atoms with van der Waals surface area (Å²) < 4.78 is 16.9. The Labute approximate surface area is 199 Å². The van der Waals surface area contributed by atoms with Crippen molar-refractivity contribution in [2.45, 2.75) is 13.0 Å². The molecule has 180 valence electrons. The number of ether oxygens (including phenoxy) is 2. The fourth-order valence-corrected chi connectivity index (χ4v) is 4.04. The van der Waals surface area contributed by atoms with Crippen LogP contribution in [0.15, 0.2) is 59.0 Å². The Hall–Kier alpha value is -3.36. The van der Waals surface area contributed by atoms with E-state index < -0.39 is 0 Å². The molecule has 0 saturated carbocycles. The van der Waals surface area contributed by atoms with Crippen molar-refractivity contribution >= 4 is 22.8 Å². The standard InChI is InChI=1S/C26H31N3O5/c1-32-17-7-12-27-24(30)18-28-13-15-29(16-14-28)26(31)25-22(19-33-20-8-3-2-4-9-20)21-10-5-6-11-23(21)34-25/h2-6,8-11H,7,12-19H2,1H3,(H,27,30). The van der Waals surface area contributed by atoms with Gasteiger partial charge in [-0.3, -0.25) is 14.5 Å². The van der Waals surface area contributed by atoms with Crippen LogP contribution in [-0.2, 0) is 16.1 Å². The van der Waals surface area contributed by atoms with Gasteiger partial charge < -0.3 is 24.1 Å². The molecule has 3 aromatic rings. The summed E-state index contributed by atoms with van der Waals surface area (Å²) in [6.07, 6.45) is 0.790. The molecule has 0 radical (unpaired) electrons. The van der Waals surface area contributed by atoms with Crippen molar-refractivity contribution in [3.05, 3.63) is 65.9 Å². The van der Waals surface area contributed by atoms with Crippen LogP contribution in [0.3, 0.4) is 0 Å². The summed E-state index contributed by atoms with van der Waals surface area (Å²) in [6, 6.07) is 17.2. The van der Waals surface area contributed by atoms with Gasteiger partial charge in [-0.25, -0.2) is 0 Å². The Morgan fingerprint density at radius 1 is 1.00 bits per heavy atom. The molecule has 2 amide bonds. The first-order valence-corrected chi connectivity index (χ1v) is 11.6. The van der Waals surface area contributed by atoms with Crippen LogP contribution in [0.5, 0.6) is 5.75 Å². The predicted octanol–water partition coefficient (Wildman–Crippen LogP) is 2.92. The van der Waals surface area contributed by atoms with Crippen LogP contribution >= 0.6 is 0 Å². The number of methoxy groups -OCH3 is 1. The molecule has 0 unspecified atom stereocenters. The lowest BCUT2D eigenvalue weighted by Crippen LogP contribution is -2.51. The van der Waals surface area contributed by atoms with Crippen LogP contribution in [0.2, 0.25) is 0 Å². The molecular weight excluding hydrogens is 434 g/mol. The van der Waals surface area contributed by atoms with E-state index in [1.807, 2.05) is 54.6 Å². The molecule has 1 aliphatic rings. The van der Waals surface area contributed by atoms with Crippen molar-refractivity contribution < 1.29 is 23.5 Å². The third kappa shape index (κ3) is 5.95. The highest BCUT2D eigenvalue weighted by Crippen LogP contribution is 2.28. The summed E-state index contributed by atoms with van der Waals surface area (Å²) in [5, 5.41) is 3.78. The van der Waals surface area contributed by atoms with E-state index in [2.05, 4.69) is 10.2 Å². The maximum Gasteiger partial charge on any atom is 0.290 e. The number of benzene rings is 2. The first-order chi connectivity index (χ1) is 16.7. The highest BCUT2D eigenvalue weighted by molar-refractivity contribution is 5.99. The monoisotopic (exact) mass is 465 g/mol. The first kappa shape index (κ1) is 23.8. The number of hydrogen-bond acceptors (Lipinski definition) is 6. The number of para-hydroxylation sites is 2. The maximum absolute atomic E-state index is 13.4. The molecule has 0 spiro atoms. The highest BCUT2D eigenvalue weighted by atomic mass is 16.5. The smallest absolute Gasteiger partial charge is 0.290 e. The number of amides is 2. The van der Waals surface area contributed by atoms with E-state index in [1.165, 1.54) is 0 Å². The van der Waals surface area contributed by atoms with E-state index in [0.717, 1.165) is 23.1 Å². The Morgan fingerprint density at radius 2 is 1.74 bits per heavy atom. The number of furan rings is 1. The van der Waals surface area contributed by atoms with E-state index in [1.54, 1.807) is 12.0 Å². The summed E-state index contributed by atoms with van der Waals surface area (Å²) in [5.41, 5.74) is 1.42. The van der Waals surface area contributed by atoms with Crippen molar-refractivity contribution in [1.29, 1.82) is 0 Å². The molecule has 1 aromatic heterocycles. The SMILES string of the molecule is COCCCNC(=O)CN1CCN(C(=O)c2oc3ccccc3c2COc2ccccc2)CC1. The molecule has 34 heavy (non-hydrogen) atoms. The molecular formula is C26H31N3O5. The van der Waals surface area contributed by atoms with Crippen LogP contribution in [0, 0.1) is 0 Å². The second-order valence-electron chi connectivity index (χ2n) is 8.27. The van der Waals surface area contributed by atoms with Crippen molar-refractivity contribution in [3.63, 3.8) is 0 Å². The van der Waals surface area contributed by atoms with E-state index in [0.29, 0.717) is 57.2 Å². The van der Waals surface area contributed by atoms with Crippen LogP contribution in [0.4, 0.5) is 0 Å². The van der Waals surface area contributed by atoms with Gasteiger partial charge in [0.1, 0.15) is 17.9 Å². The lowest BCUT2D eigenvalue weighted by Gasteiger charge is -2.34. The molecule has 1 N–H and O–H groups in total. The number of fused-ring (bicyclic) bond motifs is 1. The topological polar surface area (TPSA) is 84.3 Å². The molecule has 1 aliphatic heterocycles. The zero-order chi connectivity index (χ0) is 23.8. The van der Waals surface area contributed by atoms with Gasteiger partial charge in [-0.05, 0) is 24.6 Å². The van der Waals surface area contributed by atoms with E-state index >= 15 is 0 Å². The van der Waals surface area contributed by atoms with Crippen molar-refractivity contribution in [3.8, 4) is 5.75 Å². The Bertz CT molecular complexity index is 1090. The second-order valence-corrected chi connectivity index (χ2v) is 8.27. The van der Waals surface area contributed by atoms with Gasteiger partial charge >= 0.3 is 0 Å². The summed E-state index contributed by atoms with van der Waals surface area (Å²) >= 11 is 0. The van der Waals surface area contributed by atoms with Crippen molar-refractivity contribution in [1.82, 2.24) is 15.1 Å². The molecule has 2 heterocycles. The molecule has 1 fully saturated rings. The molecule has 8 heteroatoms. The fourth-order valence-electron chi connectivity index (χ4n) is 4.04. The van der Waals surface area contributed by atoms with Crippen LogP contribution in [0.25, 0.3) is 11.0 Å². The van der Waals surface area contributed by atoms with Gasteiger partial charge in [-0.1, -0.05) is 36.4 Å². The number of nitrogens with one attached hydrogen (secondary N) is 1. The first-order valence-electron chi connectivity index (χ1n) is 11.6. The molecule has 2 aromatic carbocycles. The van der Waals surface area contributed by atoms with Crippen molar-refractivity contribution in [2.24, 2.45) is 0 Å². The van der Waals surface area contributed by atoms with Crippen LogP contribution in [-0.4, -0.2) is 74.6 Å². The number of nitrogens with zero attached hydrogens (tertiary/aromatic N) is 2. The van der Waals surface area contributed by atoms with E-state index in [9.17, 15) is 9.59 Å². The van der Waals surface area contributed by atoms with Gasteiger partial charge in [0.25, 0.3) is 5.91 Å². The Morgan fingerprint density at radius 3 is 2.50 bits per heavy atom. The minimum absolute atomic E-state index is 0.00601. The van der Waals surface area contributed by atoms with Gasteiger partial charge in [0.05, 0.1) is 6.54 Å². The second kappa shape index (κ2) is 11.7. The van der Waals surface area contributed by atoms with Crippen LogP contribution < -0.4 is 10.1 Å². The quantitative estimate of drug-likeness (QED) is 0.464. The molecule has 0 bridgehead atoms. The molecule has 0 atom stereocenters. The Kier molecular flexibility index (Phi) is 8.17. The molecule has 1 saturated heterocycles. The average Bonchev–Trinajstić information content (AvgIpc) is 3.24. The number of hydrogen-bond donors (Lipinski definition) is 1. The number of rotatable bonds is 10. The average molecular weight is 466 g/mol. The van der Waals surface area contributed by atoms with Crippen molar-refractivity contribution in [2.75, 3.05) is 53.0 Å². The number of carbonyl (C=O) groups is 2. The van der Waals surface area contributed by atoms with Gasteiger partial charge in [0, 0.05) is 57.4 Å². The highest BCUT2D eigenvalue weighted by Gasteiger charge is 2.28. The molecule has 0 aliphatic carbocycles. The molecule has 4 rings (SSSR count). The lowest BCUT2D eigenvalue weighted by molar-refractivity contribution is -0.122. The van der Waals surface area contributed by atoms with Gasteiger partial charge in [-0.15, -0.1) is 0 Å². The van der Waals surface area contributed by atoms with E-state index in [4.69, 9.17) is 13.9 Å². The van der Waals surface area contributed by atoms with Gasteiger partial charge in [-0.2, -0.15) is 0 Å². The zero-order valence-corrected chi connectivity index (χ0v) is 19.5. The summed E-state index contributed by atoms with van der Waals surface area (Å²) in [5.74, 6) is 0.904. The van der Waals surface area contributed by atoms with E-state index in [-0.39, 0.29) is 18.4 Å². The van der Waals surface area contributed by atoms with Gasteiger partial charge in [0.15, 0.2) is 5.76 Å². The largest absolute Gasteiger partial charge is 0.489 e. The third-order valence-electron chi connectivity index (χ3n) is 5.89. The summed E-state index contributed by atoms with van der Waals surface area (Å²) in [7, 11) is 1.65. The number of carbonyl (C=O) groups excluding carboxylic acids is 2. The summed E-state index contributed by atoms with van der Waals surface area (Å²) in [4.78, 5) is 29.4. The minimum atomic E-state index is -0.147. The zero-order valence-electron chi connectivity index (χ0n) is 19.5. The van der Waals surface area contributed by atoms with Crippen LogP contribution in [0.1, 0.15) is 22.5 Å². The maximum atomic E-state index is 13.4. The van der Waals surface area contributed by atoms with Gasteiger partial charge in [0.2, 0.25) is 5.91 Å². The number of piperazine rings is 1. The fraction of sp³-hybridized carbons (Fsp3) is 0.385. The Balaban J connectivity index is 1.38. The minimum Gasteiger partial charge on any atom is -0.489 e. The molecule has 8 nitrogen and oxygen atoms in total.